The van der Waals surface area contributed by atoms with E-state index in [-0.39, 0.29) is 12.3 Å². The van der Waals surface area contributed by atoms with E-state index in [4.69, 9.17) is 4.74 Å². The highest BCUT2D eigenvalue weighted by molar-refractivity contribution is 5.87. The molecular formula is C17H21NO6. The number of aliphatic hydroxyl groups excluding tert-OH is 4. The Morgan fingerprint density at radius 1 is 0.958 bits per heavy atom. The van der Waals surface area contributed by atoms with Crippen LogP contribution in [-0.4, -0.2) is 62.8 Å². The van der Waals surface area contributed by atoms with Gasteiger partial charge in [0, 0.05) is 12.1 Å². The molecule has 0 bridgehead atoms. The molecule has 2 aromatic carbocycles. The number of aliphatic hydroxyl groups is 4. The summed E-state index contributed by atoms with van der Waals surface area (Å²) in [6.07, 6.45) is -6.15. The minimum Gasteiger partial charge on any atom is -0.508 e. The van der Waals surface area contributed by atoms with Crippen LogP contribution in [0.1, 0.15) is 5.56 Å². The SMILES string of the molecule is OC[C@H]1O[C@@H](NCc2c(O)ccc3ccccc23)[C@H](O)[C@@H](O)[C@H]1O. The zero-order chi connectivity index (χ0) is 17.3. The molecule has 7 nitrogen and oxygen atoms in total. The van der Waals surface area contributed by atoms with Gasteiger partial charge in [-0.15, -0.1) is 0 Å². The van der Waals surface area contributed by atoms with Crippen molar-refractivity contribution >= 4 is 10.8 Å². The lowest BCUT2D eigenvalue weighted by Gasteiger charge is -2.40. The van der Waals surface area contributed by atoms with Crippen LogP contribution in [0.15, 0.2) is 36.4 Å². The third-order valence-corrected chi connectivity index (χ3v) is 4.39. The summed E-state index contributed by atoms with van der Waals surface area (Å²) in [5.74, 6) is 0.103. The van der Waals surface area contributed by atoms with E-state index in [1.54, 1.807) is 6.07 Å². The van der Waals surface area contributed by atoms with Gasteiger partial charge in [-0.25, -0.2) is 0 Å². The smallest absolute Gasteiger partial charge is 0.137 e. The van der Waals surface area contributed by atoms with Crippen LogP contribution < -0.4 is 5.32 Å². The van der Waals surface area contributed by atoms with Crippen molar-refractivity contribution < 1.29 is 30.3 Å². The van der Waals surface area contributed by atoms with E-state index < -0.39 is 37.3 Å². The predicted molar refractivity (Wildman–Crippen MR) is 86.2 cm³/mol. The van der Waals surface area contributed by atoms with Crippen molar-refractivity contribution in [2.75, 3.05) is 6.61 Å². The van der Waals surface area contributed by atoms with Crippen molar-refractivity contribution in [1.29, 1.82) is 0 Å². The van der Waals surface area contributed by atoms with Crippen molar-refractivity contribution in [2.45, 2.75) is 37.2 Å². The molecule has 6 N–H and O–H groups in total. The van der Waals surface area contributed by atoms with E-state index in [1.807, 2.05) is 30.3 Å². The highest BCUT2D eigenvalue weighted by Crippen LogP contribution is 2.28. The molecular weight excluding hydrogens is 314 g/mol. The summed E-state index contributed by atoms with van der Waals surface area (Å²) in [6.45, 7) is -0.307. The van der Waals surface area contributed by atoms with Gasteiger partial charge in [-0.3, -0.25) is 5.32 Å². The molecule has 3 rings (SSSR count). The molecule has 24 heavy (non-hydrogen) atoms. The number of hydrogen-bond acceptors (Lipinski definition) is 7. The molecule has 0 spiro atoms. The van der Waals surface area contributed by atoms with Gasteiger partial charge in [0.15, 0.2) is 0 Å². The molecule has 0 aromatic heterocycles. The van der Waals surface area contributed by atoms with Gasteiger partial charge in [0.2, 0.25) is 0 Å². The Morgan fingerprint density at radius 2 is 1.71 bits per heavy atom. The average Bonchev–Trinajstić information content (AvgIpc) is 2.60. The maximum absolute atomic E-state index is 10.1. The number of fused-ring (bicyclic) bond motifs is 1. The van der Waals surface area contributed by atoms with Gasteiger partial charge < -0.3 is 30.3 Å². The molecule has 5 atom stereocenters. The summed E-state index contributed by atoms with van der Waals surface area (Å²) in [5.41, 5.74) is 0.630. The standard InChI is InChI=1S/C17H21NO6/c19-8-13-14(21)15(22)16(23)17(24-13)18-7-11-10-4-2-1-3-9(10)5-6-12(11)20/h1-6,13-23H,7-8H2/t13-,14+,15+,16-,17-/m1/s1. The van der Waals surface area contributed by atoms with Crippen LogP contribution in [0.5, 0.6) is 5.75 Å². The van der Waals surface area contributed by atoms with Crippen molar-refractivity contribution in [1.82, 2.24) is 5.32 Å². The normalized spacial score (nSPS) is 30.6. The number of phenols is 1. The van der Waals surface area contributed by atoms with Crippen molar-refractivity contribution in [3.8, 4) is 5.75 Å². The molecule has 7 heteroatoms. The molecule has 2 aromatic rings. The minimum atomic E-state index is -1.44. The van der Waals surface area contributed by atoms with Crippen LogP contribution in [0, 0.1) is 0 Å². The van der Waals surface area contributed by atoms with Crippen LogP contribution in [-0.2, 0) is 11.3 Å². The fourth-order valence-corrected chi connectivity index (χ4v) is 2.98. The van der Waals surface area contributed by atoms with Crippen LogP contribution >= 0.6 is 0 Å². The Hall–Kier alpha value is -1.74. The Labute approximate surface area is 138 Å². The number of nitrogens with one attached hydrogen (secondary N) is 1. The molecule has 0 amide bonds. The molecule has 1 heterocycles. The molecule has 0 unspecified atom stereocenters. The second-order valence-electron chi connectivity index (χ2n) is 5.91. The summed E-state index contributed by atoms with van der Waals surface area (Å²) in [4.78, 5) is 0. The lowest BCUT2D eigenvalue weighted by molar-refractivity contribution is -0.236. The first-order valence-corrected chi connectivity index (χ1v) is 7.76. The first-order valence-electron chi connectivity index (χ1n) is 7.76. The Bertz CT molecular complexity index is 707. The molecule has 0 saturated carbocycles. The average molecular weight is 335 g/mol. The molecule has 1 fully saturated rings. The Balaban J connectivity index is 1.79. The second kappa shape index (κ2) is 7.02. The first-order chi connectivity index (χ1) is 11.5. The van der Waals surface area contributed by atoms with E-state index in [0.29, 0.717) is 5.56 Å². The van der Waals surface area contributed by atoms with E-state index in [0.717, 1.165) is 10.8 Å². The van der Waals surface area contributed by atoms with Gasteiger partial charge in [0.25, 0.3) is 0 Å². The molecule has 1 aliphatic rings. The van der Waals surface area contributed by atoms with Gasteiger partial charge in [-0.1, -0.05) is 30.3 Å². The largest absolute Gasteiger partial charge is 0.508 e. The third-order valence-electron chi connectivity index (χ3n) is 4.39. The maximum Gasteiger partial charge on any atom is 0.137 e. The van der Waals surface area contributed by atoms with Crippen LogP contribution in [0.25, 0.3) is 10.8 Å². The summed E-state index contributed by atoms with van der Waals surface area (Å²) >= 11 is 0. The number of benzene rings is 2. The molecule has 0 aliphatic carbocycles. The van der Waals surface area contributed by atoms with E-state index in [1.165, 1.54) is 0 Å². The minimum absolute atomic E-state index is 0.103. The maximum atomic E-state index is 10.1. The second-order valence-corrected chi connectivity index (χ2v) is 5.91. The van der Waals surface area contributed by atoms with Crippen LogP contribution in [0.3, 0.4) is 0 Å². The summed E-state index contributed by atoms with van der Waals surface area (Å²) in [6, 6.07) is 11.0. The van der Waals surface area contributed by atoms with Gasteiger partial charge >= 0.3 is 0 Å². The van der Waals surface area contributed by atoms with Crippen molar-refractivity contribution in [3.63, 3.8) is 0 Å². The lowest BCUT2D eigenvalue weighted by atomic mass is 9.98. The van der Waals surface area contributed by atoms with Gasteiger partial charge in [0.05, 0.1) is 6.61 Å². The van der Waals surface area contributed by atoms with Crippen LogP contribution in [0.4, 0.5) is 0 Å². The number of hydrogen-bond donors (Lipinski definition) is 6. The molecule has 0 radical (unpaired) electrons. The van der Waals surface area contributed by atoms with Gasteiger partial charge in [-0.2, -0.15) is 0 Å². The third kappa shape index (κ3) is 3.10. The van der Waals surface area contributed by atoms with E-state index in [9.17, 15) is 25.5 Å². The van der Waals surface area contributed by atoms with Crippen molar-refractivity contribution in [3.05, 3.63) is 42.0 Å². The highest BCUT2D eigenvalue weighted by atomic mass is 16.6. The van der Waals surface area contributed by atoms with Crippen LogP contribution in [0.2, 0.25) is 0 Å². The lowest BCUT2D eigenvalue weighted by Crippen LogP contribution is -2.62. The fourth-order valence-electron chi connectivity index (χ4n) is 2.98. The molecule has 1 saturated heterocycles. The Morgan fingerprint density at radius 3 is 2.46 bits per heavy atom. The summed E-state index contributed by atoms with van der Waals surface area (Å²) in [5, 5.41) is 53.7. The quantitative estimate of drug-likeness (QED) is 0.443. The summed E-state index contributed by atoms with van der Waals surface area (Å²) < 4.78 is 5.40. The topological polar surface area (TPSA) is 122 Å². The number of aromatic hydroxyl groups is 1. The highest BCUT2D eigenvalue weighted by Gasteiger charge is 2.43. The predicted octanol–water partition coefficient (Wildman–Crippen LogP) is -0.565. The van der Waals surface area contributed by atoms with Crippen molar-refractivity contribution in [2.24, 2.45) is 0 Å². The van der Waals surface area contributed by atoms with E-state index >= 15 is 0 Å². The number of rotatable bonds is 4. The summed E-state index contributed by atoms with van der Waals surface area (Å²) in [7, 11) is 0. The zero-order valence-corrected chi connectivity index (χ0v) is 12.9. The molecule has 1 aliphatic heterocycles. The number of phenolic OH excluding ortho intramolecular Hbond substituents is 1. The molecule has 130 valence electrons. The van der Waals surface area contributed by atoms with Gasteiger partial charge in [0.1, 0.15) is 36.4 Å². The Kier molecular flexibility index (Phi) is 5.00. The first kappa shape index (κ1) is 17.1. The number of ether oxygens (including phenoxy) is 1. The monoisotopic (exact) mass is 335 g/mol. The zero-order valence-electron chi connectivity index (χ0n) is 12.9. The van der Waals surface area contributed by atoms with E-state index in [2.05, 4.69) is 5.32 Å². The van der Waals surface area contributed by atoms with Gasteiger partial charge in [-0.05, 0) is 16.8 Å². The fraction of sp³-hybridized carbons (Fsp3) is 0.412.